The van der Waals surface area contributed by atoms with E-state index >= 15 is 0 Å². The minimum atomic E-state index is 0.280. The Morgan fingerprint density at radius 3 is 2.76 bits per heavy atom. The van der Waals surface area contributed by atoms with Crippen LogP contribution in [-0.2, 0) is 4.79 Å². The first-order valence-electron chi connectivity index (χ1n) is 7.15. The van der Waals surface area contributed by atoms with Crippen LogP contribution in [0.2, 0.25) is 0 Å². The van der Waals surface area contributed by atoms with Gasteiger partial charge in [0, 0.05) is 12.5 Å². The van der Waals surface area contributed by atoms with Gasteiger partial charge in [0.2, 0.25) is 5.91 Å². The highest BCUT2D eigenvalue weighted by Crippen LogP contribution is 2.32. The number of rotatable bonds is 3. The summed E-state index contributed by atoms with van der Waals surface area (Å²) in [7, 11) is 0. The molecule has 1 amide bonds. The third-order valence-electron chi connectivity index (χ3n) is 4.41. The van der Waals surface area contributed by atoms with Crippen LogP contribution in [0.25, 0.3) is 0 Å². The van der Waals surface area contributed by atoms with Crippen LogP contribution in [0.4, 0.5) is 0 Å². The second-order valence-electron chi connectivity index (χ2n) is 6.13. The number of carbonyl (C=O) groups excluding carboxylic acids is 1. The molecule has 2 aliphatic rings. The van der Waals surface area contributed by atoms with Crippen LogP contribution < -0.4 is 10.6 Å². The van der Waals surface area contributed by atoms with Crippen LogP contribution in [-0.4, -0.2) is 25.0 Å². The largest absolute Gasteiger partial charge is 0.353 e. The molecule has 0 bridgehead atoms. The van der Waals surface area contributed by atoms with Gasteiger partial charge in [-0.2, -0.15) is 0 Å². The highest BCUT2D eigenvalue weighted by atomic mass is 16.1. The molecule has 4 unspecified atom stereocenters. The monoisotopic (exact) mass is 238 g/mol. The van der Waals surface area contributed by atoms with E-state index < -0.39 is 0 Å². The zero-order chi connectivity index (χ0) is 12.3. The summed E-state index contributed by atoms with van der Waals surface area (Å²) >= 11 is 0. The molecule has 2 N–H and O–H groups in total. The number of amides is 1. The molecule has 3 nitrogen and oxygen atoms in total. The summed E-state index contributed by atoms with van der Waals surface area (Å²) < 4.78 is 0. The molecule has 1 saturated carbocycles. The first kappa shape index (κ1) is 12.9. The minimum Gasteiger partial charge on any atom is -0.353 e. The quantitative estimate of drug-likeness (QED) is 0.789. The van der Waals surface area contributed by atoms with E-state index in [1.807, 2.05) is 0 Å². The van der Waals surface area contributed by atoms with E-state index in [4.69, 9.17) is 0 Å². The molecule has 2 fully saturated rings. The molecule has 2 rings (SSSR count). The van der Waals surface area contributed by atoms with Crippen molar-refractivity contribution < 1.29 is 4.79 Å². The molecular formula is C14H26N2O. The molecule has 1 aliphatic heterocycles. The molecule has 17 heavy (non-hydrogen) atoms. The Morgan fingerprint density at radius 1 is 1.29 bits per heavy atom. The number of piperidine rings is 1. The van der Waals surface area contributed by atoms with Crippen LogP contribution in [0.15, 0.2) is 0 Å². The van der Waals surface area contributed by atoms with E-state index in [2.05, 4.69) is 24.5 Å². The second kappa shape index (κ2) is 5.85. The Hall–Kier alpha value is -0.570. The van der Waals surface area contributed by atoms with E-state index in [0.29, 0.717) is 17.9 Å². The smallest absolute Gasteiger partial charge is 0.220 e. The lowest BCUT2D eigenvalue weighted by Crippen LogP contribution is -2.48. The van der Waals surface area contributed by atoms with E-state index in [-0.39, 0.29) is 5.91 Å². The molecular weight excluding hydrogens is 212 g/mol. The van der Waals surface area contributed by atoms with E-state index in [1.165, 1.54) is 19.3 Å². The summed E-state index contributed by atoms with van der Waals surface area (Å²) in [5, 5.41) is 6.60. The van der Waals surface area contributed by atoms with Crippen molar-refractivity contribution in [2.24, 2.45) is 17.8 Å². The van der Waals surface area contributed by atoms with Gasteiger partial charge in [-0.1, -0.05) is 20.3 Å². The van der Waals surface area contributed by atoms with Gasteiger partial charge in [-0.3, -0.25) is 4.79 Å². The fraction of sp³-hybridized carbons (Fsp3) is 0.929. The predicted octanol–water partition coefficient (Wildman–Crippen LogP) is 1.93. The van der Waals surface area contributed by atoms with Crippen LogP contribution in [0.3, 0.4) is 0 Å². The van der Waals surface area contributed by atoms with Crippen LogP contribution in [0.5, 0.6) is 0 Å². The average Bonchev–Trinajstić information content (AvgIpc) is 2.67. The Morgan fingerprint density at radius 2 is 2.12 bits per heavy atom. The Kier molecular flexibility index (Phi) is 4.43. The molecule has 1 aliphatic carbocycles. The Bertz CT molecular complexity index is 267. The van der Waals surface area contributed by atoms with Gasteiger partial charge in [0.1, 0.15) is 0 Å². The maximum absolute atomic E-state index is 12.0. The Labute approximate surface area is 105 Å². The van der Waals surface area contributed by atoms with E-state index in [1.54, 1.807) is 0 Å². The van der Waals surface area contributed by atoms with Gasteiger partial charge < -0.3 is 10.6 Å². The molecule has 3 heteroatoms. The van der Waals surface area contributed by atoms with Gasteiger partial charge >= 0.3 is 0 Å². The third kappa shape index (κ3) is 3.70. The fourth-order valence-corrected chi connectivity index (χ4v) is 3.27. The number of hydrogen-bond acceptors (Lipinski definition) is 2. The van der Waals surface area contributed by atoms with Crippen LogP contribution in [0, 0.1) is 17.8 Å². The zero-order valence-electron chi connectivity index (χ0n) is 11.2. The summed E-state index contributed by atoms with van der Waals surface area (Å²) in [6, 6.07) is 0.391. The molecule has 4 atom stereocenters. The molecule has 0 aromatic heterocycles. The van der Waals surface area contributed by atoms with E-state index in [0.717, 1.165) is 31.8 Å². The molecule has 0 aromatic carbocycles. The Balaban J connectivity index is 1.73. The van der Waals surface area contributed by atoms with Crippen molar-refractivity contribution in [1.29, 1.82) is 0 Å². The topological polar surface area (TPSA) is 41.1 Å². The predicted molar refractivity (Wildman–Crippen MR) is 69.7 cm³/mol. The summed E-state index contributed by atoms with van der Waals surface area (Å²) in [6.45, 7) is 6.59. The highest BCUT2D eigenvalue weighted by molar-refractivity contribution is 5.76. The van der Waals surface area contributed by atoms with Gasteiger partial charge in [0.05, 0.1) is 0 Å². The summed E-state index contributed by atoms with van der Waals surface area (Å²) in [5.41, 5.74) is 0. The van der Waals surface area contributed by atoms with Gasteiger partial charge in [-0.15, -0.1) is 0 Å². The fourth-order valence-electron chi connectivity index (χ4n) is 3.27. The molecule has 0 spiro atoms. The lowest BCUT2D eigenvalue weighted by Gasteiger charge is -2.30. The zero-order valence-corrected chi connectivity index (χ0v) is 11.2. The van der Waals surface area contributed by atoms with Crippen molar-refractivity contribution in [1.82, 2.24) is 10.6 Å². The van der Waals surface area contributed by atoms with Crippen molar-refractivity contribution in [3.63, 3.8) is 0 Å². The van der Waals surface area contributed by atoms with Gasteiger partial charge in [-0.05, 0) is 50.1 Å². The lowest BCUT2D eigenvalue weighted by molar-refractivity contribution is -0.123. The first-order valence-corrected chi connectivity index (χ1v) is 7.15. The maximum Gasteiger partial charge on any atom is 0.220 e. The van der Waals surface area contributed by atoms with Crippen LogP contribution in [0.1, 0.15) is 46.0 Å². The lowest BCUT2D eigenvalue weighted by atomic mass is 9.94. The third-order valence-corrected chi connectivity index (χ3v) is 4.41. The van der Waals surface area contributed by atoms with Crippen molar-refractivity contribution in [3.05, 3.63) is 0 Å². The summed E-state index contributed by atoms with van der Waals surface area (Å²) in [4.78, 5) is 12.0. The highest BCUT2D eigenvalue weighted by Gasteiger charge is 2.26. The normalized spacial score (nSPS) is 38.0. The SMILES string of the molecule is CC1CCC(CC(=O)NC2CCNCC2C)C1. The summed E-state index contributed by atoms with van der Waals surface area (Å²) in [6.07, 6.45) is 5.63. The number of carbonyl (C=O) groups is 1. The average molecular weight is 238 g/mol. The van der Waals surface area contributed by atoms with Gasteiger partial charge in [0.25, 0.3) is 0 Å². The summed E-state index contributed by atoms with van der Waals surface area (Å²) in [5.74, 6) is 2.31. The minimum absolute atomic E-state index is 0.280. The van der Waals surface area contributed by atoms with Crippen LogP contribution >= 0.6 is 0 Å². The van der Waals surface area contributed by atoms with Gasteiger partial charge in [-0.25, -0.2) is 0 Å². The molecule has 1 heterocycles. The molecule has 0 radical (unpaired) electrons. The molecule has 98 valence electrons. The van der Waals surface area contributed by atoms with Crippen molar-refractivity contribution in [2.75, 3.05) is 13.1 Å². The van der Waals surface area contributed by atoms with Crippen molar-refractivity contribution >= 4 is 5.91 Å². The maximum atomic E-state index is 12.0. The molecule has 1 saturated heterocycles. The first-order chi connectivity index (χ1) is 8.15. The second-order valence-corrected chi connectivity index (χ2v) is 6.13. The number of nitrogens with one attached hydrogen (secondary N) is 2. The standard InChI is InChI=1S/C14H26N2O/c1-10-3-4-12(7-10)8-14(17)16-13-5-6-15-9-11(13)2/h10-13,15H,3-9H2,1-2H3,(H,16,17). The van der Waals surface area contributed by atoms with Gasteiger partial charge in [0.15, 0.2) is 0 Å². The number of hydrogen-bond donors (Lipinski definition) is 2. The van der Waals surface area contributed by atoms with E-state index in [9.17, 15) is 4.79 Å². The van der Waals surface area contributed by atoms with Crippen molar-refractivity contribution in [2.45, 2.75) is 52.0 Å². The molecule has 0 aromatic rings. The van der Waals surface area contributed by atoms with Crippen molar-refractivity contribution in [3.8, 4) is 0 Å².